The van der Waals surface area contributed by atoms with E-state index in [4.69, 9.17) is 5.11 Å². The molecule has 1 aromatic rings. The standard InChI is InChI=1S/C14H17BrFNO2/c15-12-2-3-13(16)11(7-12)9-17-6-5-10(8-17)1-4-14(18)19/h2-3,7,10H,1,4-6,8-9H2,(H,18,19). The van der Waals surface area contributed by atoms with E-state index in [0.29, 0.717) is 24.4 Å². The minimum absolute atomic E-state index is 0.183. The fraction of sp³-hybridized carbons (Fsp3) is 0.500. The number of benzene rings is 1. The van der Waals surface area contributed by atoms with Crippen molar-refractivity contribution in [3.05, 3.63) is 34.1 Å². The molecule has 1 N–H and O–H groups in total. The van der Waals surface area contributed by atoms with E-state index in [1.54, 1.807) is 12.1 Å². The molecular formula is C14H17BrFNO2. The van der Waals surface area contributed by atoms with Gasteiger partial charge in [0.1, 0.15) is 5.82 Å². The topological polar surface area (TPSA) is 40.5 Å². The highest BCUT2D eigenvalue weighted by atomic mass is 79.9. The first-order valence-electron chi connectivity index (χ1n) is 6.42. The fourth-order valence-electron chi connectivity index (χ4n) is 2.53. The van der Waals surface area contributed by atoms with Crippen molar-refractivity contribution in [1.29, 1.82) is 0 Å². The molecule has 1 unspecified atom stereocenters. The SMILES string of the molecule is O=C(O)CCC1CCN(Cc2cc(Br)ccc2F)C1. The summed E-state index contributed by atoms with van der Waals surface area (Å²) in [5, 5.41) is 8.67. The van der Waals surface area contributed by atoms with Gasteiger partial charge >= 0.3 is 5.97 Å². The Kier molecular flexibility index (Phi) is 4.93. The number of carbonyl (C=O) groups is 1. The Balaban J connectivity index is 1.87. The van der Waals surface area contributed by atoms with Crippen LogP contribution in [0, 0.1) is 11.7 Å². The van der Waals surface area contributed by atoms with Crippen LogP contribution in [-0.2, 0) is 11.3 Å². The summed E-state index contributed by atoms with van der Waals surface area (Å²) in [4.78, 5) is 12.7. The monoisotopic (exact) mass is 329 g/mol. The minimum atomic E-state index is -0.739. The molecule has 0 amide bonds. The maximum Gasteiger partial charge on any atom is 0.303 e. The Bertz CT molecular complexity index is 467. The van der Waals surface area contributed by atoms with E-state index in [1.807, 2.05) is 0 Å². The van der Waals surface area contributed by atoms with Gasteiger partial charge in [-0.3, -0.25) is 9.69 Å². The van der Waals surface area contributed by atoms with Crippen molar-refractivity contribution in [3.63, 3.8) is 0 Å². The molecule has 0 aromatic heterocycles. The first-order valence-corrected chi connectivity index (χ1v) is 7.22. The summed E-state index contributed by atoms with van der Waals surface area (Å²) in [6.07, 6.45) is 1.94. The molecule has 2 rings (SSSR count). The summed E-state index contributed by atoms with van der Waals surface area (Å²) in [6, 6.07) is 4.97. The molecule has 1 heterocycles. The molecule has 0 bridgehead atoms. The molecule has 104 valence electrons. The van der Waals surface area contributed by atoms with E-state index >= 15 is 0 Å². The second kappa shape index (κ2) is 6.48. The number of hydrogen-bond donors (Lipinski definition) is 1. The Labute approximate surface area is 120 Å². The van der Waals surface area contributed by atoms with Crippen molar-refractivity contribution in [1.82, 2.24) is 4.90 Å². The highest BCUT2D eigenvalue weighted by Gasteiger charge is 2.23. The van der Waals surface area contributed by atoms with Gasteiger partial charge in [-0.1, -0.05) is 15.9 Å². The van der Waals surface area contributed by atoms with E-state index in [0.717, 1.165) is 24.0 Å². The Hall–Kier alpha value is -0.940. The van der Waals surface area contributed by atoms with Crippen LogP contribution >= 0.6 is 15.9 Å². The van der Waals surface area contributed by atoms with Crippen LogP contribution in [0.25, 0.3) is 0 Å². The van der Waals surface area contributed by atoms with Crippen LogP contribution in [0.4, 0.5) is 4.39 Å². The number of rotatable bonds is 5. The third-order valence-corrected chi connectivity index (χ3v) is 4.03. The molecule has 0 spiro atoms. The average Bonchev–Trinajstić information content (AvgIpc) is 2.79. The minimum Gasteiger partial charge on any atom is -0.481 e. The lowest BCUT2D eigenvalue weighted by molar-refractivity contribution is -0.137. The second-order valence-electron chi connectivity index (χ2n) is 5.06. The van der Waals surface area contributed by atoms with Crippen molar-refractivity contribution in [2.75, 3.05) is 13.1 Å². The first-order chi connectivity index (χ1) is 9.04. The Morgan fingerprint density at radius 2 is 2.32 bits per heavy atom. The van der Waals surface area contributed by atoms with Gasteiger partial charge in [-0.25, -0.2) is 4.39 Å². The van der Waals surface area contributed by atoms with Crippen LogP contribution in [-0.4, -0.2) is 29.1 Å². The third kappa shape index (κ3) is 4.28. The lowest BCUT2D eigenvalue weighted by Gasteiger charge is -2.16. The van der Waals surface area contributed by atoms with E-state index in [9.17, 15) is 9.18 Å². The molecule has 1 aliphatic heterocycles. The summed E-state index contributed by atoms with van der Waals surface area (Å²) < 4.78 is 14.5. The smallest absolute Gasteiger partial charge is 0.303 e. The van der Waals surface area contributed by atoms with Crippen LogP contribution in [0.1, 0.15) is 24.8 Å². The molecule has 1 aliphatic rings. The zero-order chi connectivity index (χ0) is 13.8. The molecule has 5 heteroatoms. The molecule has 3 nitrogen and oxygen atoms in total. The van der Waals surface area contributed by atoms with Gasteiger partial charge in [0, 0.05) is 29.5 Å². The average molecular weight is 330 g/mol. The van der Waals surface area contributed by atoms with E-state index in [2.05, 4.69) is 20.8 Å². The molecule has 1 aromatic carbocycles. The van der Waals surface area contributed by atoms with Gasteiger partial charge in [0.15, 0.2) is 0 Å². The van der Waals surface area contributed by atoms with Crippen molar-refractivity contribution >= 4 is 21.9 Å². The number of hydrogen-bond acceptors (Lipinski definition) is 2. The van der Waals surface area contributed by atoms with Crippen LogP contribution in [0.3, 0.4) is 0 Å². The number of carboxylic acids is 1. The molecule has 0 radical (unpaired) electrons. The largest absolute Gasteiger partial charge is 0.481 e. The Morgan fingerprint density at radius 1 is 1.53 bits per heavy atom. The molecule has 0 aliphatic carbocycles. The Morgan fingerprint density at radius 3 is 3.05 bits per heavy atom. The van der Waals surface area contributed by atoms with E-state index < -0.39 is 5.97 Å². The van der Waals surface area contributed by atoms with Crippen LogP contribution < -0.4 is 0 Å². The van der Waals surface area contributed by atoms with Crippen molar-refractivity contribution in [2.24, 2.45) is 5.92 Å². The lowest BCUT2D eigenvalue weighted by atomic mass is 10.0. The van der Waals surface area contributed by atoms with Crippen molar-refractivity contribution in [3.8, 4) is 0 Å². The molecule has 1 fully saturated rings. The predicted octanol–water partition coefficient (Wildman–Crippen LogP) is 3.27. The van der Waals surface area contributed by atoms with Gasteiger partial charge < -0.3 is 5.11 Å². The third-order valence-electron chi connectivity index (χ3n) is 3.54. The maximum atomic E-state index is 13.6. The highest BCUT2D eigenvalue weighted by Crippen LogP contribution is 2.24. The number of nitrogens with zero attached hydrogens (tertiary/aromatic N) is 1. The van der Waals surface area contributed by atoms with Gasteiger partial charge in [-0.05, 0) is 43.5 Å². The summed E-state index contributed by atoms with van der Waals surface area (Å²) in [5.74, 6) is -0.500. The summed E-state index contributed by atoms with van der Waals surface area (Å²) >= 11 is 3.35. The van der Waals surface area contributed by atoms with Crippen LogP contribution in [0.5, 0.6) is 0 Å². The maximum absolute atomic E-state index is 13.6. The number of likely N-dealkylation sites (tertiary alicyclic amines) is 1. The molecule has 1 atom stereocenters. The molecule has 19 heavy (non-hydrogen) atoms. The summed E-state index contributed by atoms with van der Waals surface area (Å²) in [7, 11) is 0. The van der Waals surface area contributed by atoms with Crippen LogP contribution in [0.15, 0.2) is 22.7 Å². The lowest BCUT2D eigenvalue weighted by Crippen LogP contribution is -2.21. The van der Waals surface area contributed by atoms with Gasteiger partial charge in [0.25, 0.3) is 0 Å². The zero-order valence-corrected chi connectivity index (χ0v) is 12.2. The molecule has 1 saturated heterocycles. The number of carboxylic acid groups (broad SMARTS) is 1. The highest BCUT2D eigenvalue weighted by molar-refractivity contribution is 9.10. The first kappa shape index (κ1) is 14.5. The molecule has 0 saturated carbocycles. The second-order valence-corrected chi connectivity index (χ2v) is 5.97. The van der Waals surface area contributed by atoms with E-state index in [1.165, 1.54) is 6.07 Å². The van der Waals surface area contributed by atoms with Gasteiger partial charge in [-0.15, -0.1) is 0 Å². The summed E-state index contributed by atoms with van der Waals surface area (Å²) in [6.45, 7) is 2.37. The van der Waals surface area contributed by atoms with Crippen molar-refractivity contribution < 1.29 is 14.3 Å². The zero-order valence-electron chi connectivity index (χ0n) is 10.6. The van der Waals surface area contributed by atoms with E-state index in [-0.39, 0.29) is 12.2 Å². The van der Waals surface area contributed by atoms with Gasteiger partial charge in [0.05, 0.1) is 0 Å². The molecular weight excluding hydrogens is 313 g/mol. The fourth-order valence-corrected chi connectivity index (χ4v) is 2.93. The predicted molar refractivity (Wildman–Crippen MR) is 74.4 cm³/mol. The summed E-state index contributed by atoms with van der Waals surface area (Å²) in [5.41, 5.74) is 0.688. The normalized spacial score (nSPS) is 19.8. The van der Waals surface area contributed by atoms with Crippen molar-refractivity contribution in [2.45, 2.75) is 25.8 Å². The quantitative estimate of drug-likeness (QED) is 0.901. The number of aliphatic carboxylic acids is 1. The van der Waals surface area contributed by atoms with Gasteiger partial charge in [0.2, 0.25) is 0 Å². The van der Waals surface area contributed by atoms with Gasteiger partial charge in [-0.2, -0.15) is 0 Å². The van der Waals surface area contributed by atoms with Crippen LogP contribution in [0.2, 0.25) is 0 Å². The number of halogens is 2.